The molecule has 0 atom stereocenters. The lowest BCUT2D eigenvalue weighted by molar-refractivity contribution is -0.261. The van der Waals surface area contributed by atoms with Crippen molar-refractivity contribution in [1.82, 2.24) is 4.90 Å². The molecule has 4 aliphatic rings. The zero-order valence-electron chi connectivity index (χ0n) is 14.7. The molecule has 0 spiro atoms. The predicted molar refractivity (Wildman–Crippen MR) is 96.8 cm³/mol. The maximum Gasteiger partial charge on any atom is 0.124 e. The highest BCUT2D eigenvalue weighted by Crippen LogP contribution is 2.71. The number of carbonyl (C=O) groups is 3. The monoisotopic (exact) mass is 341 g/mol. The zero-order chi connectivity index (χ0) is 18.3. The van der Waals surface area contributed by atoms with Gasteiger partial charge in [0.05, 0.1) is 0 Å². The van der Waals surface area contributed by atoms with Gasteiger partial charge in [-0.15, -0.1) is 19.7 Å². The molecule has 1 saturated carbocycles. The van der Waals surface area contributed by atoms with Gasteiger partial charge in [-0.3, -0.25) is 0 Å². The van der Waals surface area contributed by atoms with Gasteiger partial charge >= 0.3 is 0 Å². The molecule has 134 valence electrons. The van der Waals surface area contributed by atoms with Crippen LogP contribution in [-0.2, 0) is 14.4 Å². The largest absolute Gasteiger partial charge is 0.303 e. The Bertz CT molecular complexity index is 525. The molecule has 0 amide bonds. The Labute approximate surface area is 149 Å². The third-order valence-corrected chi connectivity index (χ3v) is 7.25. The van der Waals surface area contributed by atoms with E-state index in [4.69, 9.17) is 0 Å². The molecular formula is C21H27NO3. The van der Waals surface area contributed by atoms with Gasteiger partial charge in [0.15, 0.2) is 0 Å². The molecule has 1 aliphatic carbocycles. The number of allylic oxidation sites excluding steroid dienone is 3. The van der Waals surface area contributed by atoms with Crippen LogP contribution in [0.2, 0.25) is 0 Å². The second kappa shape index (κ2) is 6.17. The Morgan fingerprint density at radius 3 is 1.16 bits per heavy atom. The fourth-order valence-corrected chi connectivity index (χ4v) is 6.88. The average molecular weight is 341 g/mol. The molecule has 4 fully saturated rings. The quantitative estimate of drug-likeness (QED) is 0.477. The van der Waals surface area contributed by atoms with Gasteiger partial charge in [0.25, 0.3) is 0 Å². The minimum Gasteiger partial charge on any atom is -0.303 e. The van der Waals surface area contributed by atoms with Crippen molar-refractivity contribution in [3.8, 4) is 0 Å². The first kappa shape index (κ1) is 18.0. The van der Waals surface area contributed by atoms with E-state index in [1.54, 1.807) is 0 Å². The molecule has 4 nitrogen and oxygen atoms in total. The molecule has 0 aromatic carbocycles. The number of nitrogens with zero attached hydrogens (tertiary/aromatic N) is 1. The standard InChI is InChI=1S/C21H27NO3/c1-4-7-19-13-22-14-20(8-5-2,16(19)10-23)18(12-25)21(15-22,9-6-3)17(19)11-24/h4-6,10-12,16-18H,1-3,7-9,13-15H2. The maximum absolute atomic E-state index is 12.3. The lowest BCUT2D eigenvalue weighted by Gasteiger charge is -2.74. The summed E-state index contributed by atoms with van der Waals surface area (Å²) in [5.74, 6) is -1.05. The topological polar surface area (TPSA) is 54.5 Å². The van der Waals surface area contributed by atoms with E-state index in [1.165, 1.54) is 0 Å². The van der Waals surface area contributed by atoms with Crippen LogP contribution < -0.4 is 0 Å². The lowest BCUT2D eigenvalue weighted by atomic mass is 9.34. The van der Waals surface area contributed by atoms with Gasteiger partial charge in [0, 0.05) is 53.6 Å². The van der Waals surface area contributed by atoms with Gasteiger partial charge in [-0.05, 0) is 19.3 Å². The molecule has 3 aliphatic heterocycles. The maximum atomic E-state index is 12.3. The van der Waals surface area contributed by atoms with Gasteiger partial charge in [-0.2, -0.15) is 0 Å². The van der Waals surface area contributed by atoms with E-state index in [9.17, 15) is 14.4 Å². The van der Waals surface area contributed by atoms with E-state index >= 15 is 0 Å². The van der Waals surface area contributed by atoms with Crippen LogP contribution in [0.25, 0.3) is 0 Å². The molecule has 4 heteroatoms. The molecule has 0 unspecified atom stereocenters. The van der Waals surface area contributed by atoms with Crippen LogP contribution in [0, 0.1) is 34.0 Å². The molecule has 0 N–H and O–H groups in total. The third-order valence-electron chi connectivity index (χ3n) is 7.25. The molecular weight excluding hydrogens is 314 g/mol. The van der Waals surface area contributed by atoms with E-state index in [-0.39, 0.29) is 17.8 Å². The van der Waals surface area contributed by atoms with Crippen molar-refractivity contribution in [2.45, 2.75) is 19.3 Å². The summed E-state index contributed by atoms with van der Waals surface area (Å²) in [7, 11) is 0. The number of carbonyl (C=O) groups excluding carboxylic acids is 3. The highest BCUT2D eigenvalue weighted by molar-refractivity contribution is 5.72. The molecule has 0 aromatic heterocycles. The van der Waals surface area contributed by atoms with Crippen LogP contribution >= 0.6 is 0 Å². The summed E-state index contributed by atoms with van der Waals surface area (Å²) >= 11 is 0. The van der Waals surface area contributed by atoms with Crippen molar-refractivity contribution in [2.75, 3.05) is 19.6 Å². The van der Waals surface area contributed by atoms with Crippen LogP contribution in [0.3, 0.4) is 0 Å². The molecule has 4 rings (SSSR count). The van der Waals surface area contributed by atoms with Crippen LogP contribution in [0.4, 0.5) is 0 Å². The zero-order valence-corrected chi connectivity index (χ0v) is 14.7. The first-order valence-electron chi connectivity index (χ1n) is 8.96. The lowest BCUT2D eigenvalue weighted by Crippen LogP contribution is -2.80. The minimum absolute atomic E-state index is 0.351. The summed E-state index contributed by atoms with van der Waals surface area (Å²) in [5, 5.41) is 0. The summed E-state index contributed by atoms with van der Waals surface area (Å²) in [6.45, 7) is 13.8. The SMILES string of the molecule is C=CCC12CN3CC(CC=C)(C1C=O)C(C=O)C(CC=C)(C3)C2C=O. The van der Waals surface area contributed by atoms with E-state index < -0.39 is 16.2 Å². The van der Waals surface area contributed by atoms with Crippen LogP contribution in [0.15, 0.2) is 38.0 Å². The molecule has 0 radical (unpaired) electrons. The number of hydrogen-bond acceptors (Lipinski definition) is 4. The smallest absolute Gasteiger partial charge is 0.124 e. The first-order valence-corrected chi connectivity index (χ1v) is 8.96. The van der Waals surface area contributed by atoms with Crippen molar-refractivity contribution in [3.05, 3.63) is 38.0 Å². The van der Waals surface area contributed by atoms with Crippen LogP contribution in [0.5, 0.6) is 0 Å². The molecule has 3 saturated heterocycles. The van der Waals surface area contributed by atoms with Gasteiger partial charge in [0.2, 0.25) is 0 Å². The van der Waals surface area contributed by atoms with E-state index in [2.05, 4.69) is 24.6 Å². The van der Waals surface area contributed by atoms with Crippen molar-refractivity contribution in [2.24, 2.45) is 34.0 Å². The fourth-order valence-electron chi connectivity index (χ4n) is 6.88. The van der Waals surface area contributed by atoms with Gasteiger partial charge < -0.3 is 19.3 Å². The number of aldehydes is 3. The third kappa shape index (κ3) is 2.00. The Morgan fingerprint density at radius 1 is 0.680 bits per heavy atom. The van der Waals surface area contributed by atoms with Crippen LogP contribution in [-0.4, -0.2) is 43.4 Å². The highest BCUT2D eigenvalue weighted by atomic mass is 16.1. The summed E-state index contributed by atoms with van der Waals surface area (Å²) in [6, 6.07) is 0. The summed E-state index contributed by atoms with van der Waals surface area (Å²) in [5.41, 5.74) is -1.48. The van der Waals surface area contributed by atoms with Crippen LogP contribution in [0.1, 0.15) is 19.3 Å². The summed E-state index contributed by atoms with van der Waals surface area (Å²) in [4.78, 5) is 39.2. The second-order valence-electron chi connectivity index (χ2n) is 8.16. The molecule has 25 heavy (non-hydrogen) atoms. The Hall–Kier alpha value is -1.81. The van der Waals surface area contributed by atoms with Gasteiger partial charge in [0.1, 0.15) is 18.9 Å². The Balaban J connectivity index is 2.32. The summed E-state index contributed by atoms with van der Waals surface area (Å²) < 4.78 is 0. The fraction of sp³-hybridized carbons (Fsp3) is 0.571. The highest BCUT2D eigenvalue weighted by Gasteiger charge is 2.75. The average Bonchev–Trinajstić information content (AvgIpc) is 2.55. The Kier molecular flexibility index (Phi) is 4.44. The number of hydrogen-bond donors (Lipinski definition) is 0. The normalized spacial score (nSPS) is 47.0. The van der Waals surface area contributed by atoms with Gasteiger partial charge in [-0.1, -0.05) is 18.2 Å². The van der Waals surface area contributed by atoms with E-state index in [0.717, 1.165) is 18.9 Å². The second-order valence-corrected chi connectivity index (χ2v) is 8.16. The van der Waals surface area contributed by atoms with Crippen molar-refractivity contribution in [3.63, 3.8) is 0 Å². The van der Waals surface area contributed by atoms with Gasteiger partial charge in [-0.25, -0.2) is 0 Å². The van der Waals surface area contributed by atoms with Crippen molar-refractivity contribution >= 4 is 18.9 Å². The van der Waals surface area contributed by atoms with Crippen molar-refractivity contribution < 1.29 is 14.4 Å². The number of rotatable bonds is 9. The number of piperidine rings is 3. The first-order chi connectivity index (χ1) is 12.0. The van der Waals surface area contributed by atoms with Crippen molar-refractivity contribution in [1.29, 1.82) is 0 Å². The van der Waals surface area contributed by atoms with E-state index in [1.807, 2.05) is 18.2 Å². The summed E-state index contributed by atoms with van der Waals surface area (Å²) in [6.07, 6.45) is 10.3. The molecule has 0 aromatic rings. The minimum atomic E-state index is -0.493. The predicted octanol–water partition coefficient (Wildman–Crippen LogP) is 2.46. The molecule has 4 bridgehead atoms. The Morgan fingerprint density at radius 2 is 0.960 bits per heavy atom. The van der Waals surface area contributed by atoms with E-state index in [0.29, 0.717) is 38.9 Å². The molecule has 3 heterocycles.